The van der Waals surface area contributed by atoms with Crippen LogP contribution >= 0.6 is 0 Å². The molecule has 6 heteroatoms. The van der Waals surface area contributed by atoms with Crippen LogP contribution in [0.15, 0.2) is 59.4 Å². The van der Waals surface area contributed by atoms with E-state index in [1.165, 1.54) is 4.57 Å². The lowest BCUT2D eigenvalue weighted by molar-refractivity contribution is 0.260. The number of aromatic hydroxyl groups is 1. The van der Waals surface area contributed by atoms with E-state index >= 15 is 0 Å². The average molecular weight is 339 g/mol. The Morgan fingerprint density at radius 3 is 2.48 bits per heavy atom. The molecule has 1 heterocycles. The molecule has 2 N–H and O–H groups in total. The molecule has 3 aromatic rings. The first-order chi connectivity index (χ1) is 12.1. The Hall–Kier alpha value is -2.99. The number of hydrogen-bond donors (Lipinski definition) is 2. The third-order valence-electron chi connectivity index (χ3n) is 3.84. The molecule has 0 saturated carbocycles. The van der Waals surface area contributed by atoms with Crippen molar-refractivity contribution < 1.29 is 9.84 Å². The summed E-state index contributed by atoms with van der Waals surface area (Å²) in [4.78, 5) is 17.2. The average Bonchev–Trinajstić information content (AvgIpc) is 2.90. The highest BCUT2D eigenvalue weighted by Crippen LogP contribution is 2.31. The number of aromatic nitrogens is 2. The Balaban J connectivity index is 2.01. The summed E-state index contributed by atoms with van der Waals surface area (Å²) in [7, 11) is 3.92. The second-order valence-corrected chi connectivity index (χ2v) is 5.95. The van der Waals surface area contributed by atoms with Crippen LogP contribution in [0.2, 0.25) is 0 Å². The summed E-state index contributed by atoms with van der Waals surface area (Å²) < 4.78 is 7.03. The molecule has 0 aliphatic heterocycles. The van der Waals surface area contributed by atoms with E-state index in [4.69, 9.17) is 4.74 Å². The van der Waals surface area contributed by atoms with Crippen LogP contribution in [0.5, 0.6) is 11.6 Å². The summed E-state index contributed by atoms with van der Waals surface area (Å²) in [5.74, 6) is 0.403. The Labute approximate surface area is 145 Å². The summed E-state index contributed by atoms with van der Waals surface area (Å²) >= 11 is 0. The van der Waals surface area contributed by atoms with Gasteiger partial charge in [-0.05, 0) is 26.2 Å². The minimum atomic E-state index is -0.417. The lowest BCUT2D eigenvalue weighted by Crippen LogP contribution is -2.20. The highest BCUT2D eigenvalue weighted by molar-refractivity contribution is 5.66. The van der Waals surface area contributed by atoms with Gasteiger partial charge in [-0.25, -0.2) is 9.36 Å². The molecule has 0 spiro atoms. The van der Waals surface area contributed by atoms with Crippen molar-refractivity contribution in [2.24, 2.45) is 0 Å². The molecule has 0 aliphatic carbocycles. The third kappa shape index (κ3) is 3.59. The van der Waals surface area contributed by atoms with Gasteiger partial charge in [0.1, 0.15) is 18.1 Å². The molecule has 0 aliphatic rings. The molecule has 130 valence electrons. The van der Waals surface area contributed by atoms with Crippen molar-refractivity contribution in [1.29, 1.82) is 0 Å². The number of rotatable bonds is 6. The minimum absolute atomic E-state index is 0.139. The number of likely N-dealkylation sites (N-methyl/N-ethyl adjacent to an activating group) is 1. The van der Waals surface area contributed by atoms with Gasteiger partial charge in [0.25, 0.3) is 0 Å². The number of nitrogens with zero attached hydrogens (tertiary/aromatic N) is 2. The van der Waals surface area contributed by atoms with E-state index in [0.29, 0.717) is 23.7 Å². The van der Waals surface area contributed by atoms with E-state index in [0.717, 1.165) is 12.1 Å². The highest BCUT2D eigenvalue weighted by atomic mass is 16.5. The van der Waals surface area contributed by atoms with Gasteiger partial charge >= 0.3 is 5.69 Å². The Kier molecular flexibility index (Phi) is 4.90. The number of nitrogens with one attached hydrogen (secondary N) is 1. The molecule has 25 heavy (non-hydrogen) atoms. The molecular weight excluding hydrogens is 318 g/mol. The number of aromatic amines is 1. The van der Waals surface area contributed by atoms with Crippen molar-refractivity contribution in [3.63, 3.8) is 0 Å². The summed E-state index contributed by atoms with van der Waals surface area (Å²) in [5, 5.41) is 10.6. The van der Waals surface area contributed by atoms with Crippen molar-refractivity contribution >= 4 is 0 Å². The monoisotopic (exact) mass is 339 g/mol. The van der Waals surface area contributed by atoms with Gasteiger partial charge in [0.15, 0.2) is 0 Å². The van der Waals surface area contributed by atoms with E-state index in [-0.39, 0.29) is 5.88 Å². The van der Waals surface area contributed by atoms with Gasteiger partial charge in [0.05, 0.1) is 5.69 Å². The molecule has 1 aromatic heterocycles. The third-order valence-corrected chi connectivity index (χ3v) is 3.84. The van der Waals surface area contributed by atoms with Crippen LogP contribution in [0.4, 0.5) is 0 Å². The van der Waals surface area contributed by atoms with Crippen LogP contribution in [-0.4, -0.2) is 46.8 Å². The van der Waals surface area contributed by atoms with Crippen LogP contribution in [0.1, 0.15) is 0 Å². The van der Waals surface area contributed by atoms with Gasteiger partial charge in [-0.2, -0.15) is 0 Å². The van der Waals surface area contributed by atoms with Crippen molar-refractivity contribution in [3.8, 4) is 28.6 Å². The summed E-state index contributed by atoms with van der Waals surface area (Å²) in [6, 6.07) is 16.4. The summed E-state index contributed by atoms with van der Waals surface area (Å²) in [6.07, 6.45) is 0. The molecular formula is C19H21N3O3. The van der Waals surface area contributed by atoms with Crippen molar-refractivity contribution in [2.45, 2.75) is 0 Å². The first-order valence-corrected chi connectivity index (χ1v) is 8.04. The zero-order valence-corrected chi connectivity index (χ0v) is 14.3. The number of ether oxygens (including phenoxy) is 1. The molecule has 0 radical (unpaired) electrons. The lowest BCUT2D eigenvalue weighted by atomic mass is 10.2. The highest BCUT2D eigenvalue weighted by Gasteiger charge is 2.18. The molecule has 0 fully saturated rings. The summed E-state index contributed by atoms with van der Waals surface area (Å²) in [5.41, 5.74) is 1.21. The second-order valence-electron chi connectivity index (χ2n) is 5.95. The van der Waals surface area contributed by atoms with Gasteiger partial charge in [0.2, 0.25) is 5.88 Å². The van der Waals surface area contributed by atoms with Gasteiger partial charge in [-0.1, -0.05) is 42.5 Å². The van der Waals surface area contributed by atoms with Crippen molar-refractivity contribution in [2.75, 3.05) is 27.2 Å². The number of benzene rings is 2. The quantitative estimate of drug-likeness (QED) is 0.724. The van der Waals surface area contributed by atoms with Crippen LogP contribution in [0, 0.1) is 0 Å². The van der Waals surface area contributed by atoms with E-state index in [2.05, 4.69) is 4.98 Å². The smallest absolute Gasteiger partial charge is 0.333 e. The van der Waals surface area contributed by atoms with Gasteiger partial charge in [-0.3, -0.25) is 0 Å². The topological polar surface area (TPSA) is 70.5 Å². The van der Waals surface area contributed by atoms with Crippen LogP contribution in [-0.2, 0) is 0 Å². The zero-order valence-electron chi connectivity index (χ0n) is 14.3. The predicted octanol–water partition coefficient (Wildman–Crippen LogP) is 2.48. The van der Waals surface area contributed by atoms with Crippen molar-refractivity contribution in [1.82, 2.24) is 14.5 Å². The van der Waals surface area contributed by atoms with Crippen LogP contribution in [0.25, 0.3) is 16.9 Å². The molecule has 6 nitrogen and oxygen atoms in total. The van der Waals surface area contributed by atoms with Gasteiger partial charge in [-0.15, -0.1) is 0 Å². The maximum absolute atomic E-state index is 12.5. The first kappa shape index (κ1) is 16.9. The fourth-order valence-electron chi connectivity index (χ4n) is 2.56. The Morgan fingerprint density at radius 1 is 1.08 bits per heavy atom. The van der Waals surface area contributed by atoms with Crippen molar-refractivity contribution in [3.05, 3.63) is 65.1 Å². The maximum Gasteiger partial charge on any atom is 0.333 e. The maximum atomic E-state index is 12.5. The van der Waals surface area contributed by atoms with E-state index in [1.54, 1.807) is 18.2 Å². The fraction of sp³-hybridized carbons (Fsp3) is 0.211. The molecule has 0 amide bonds. The molecule has 0 unspecified atom stereocenters. The summed E-state index contributed by atoms with van der Waals surface area (Å²) in [6.45, 7) is 1.23. The molecule has 0 bridgehead atoms. The van der Waals surface area contributed by atoms with E-state index in [9.17, 15) is 9.90 Å². The van der Waals surface area contributed by atoms with Crippen LogP contribution in [0.3, 0.4) is 0 Å². The SMILES string of the molecule is CN(C)CCOc1ccccc1-n1c(O)c(-c2ccccc2)[nH]c1=O. The fourth-order valence-corrected chi connectivity index (χ4v) is 2.56. The minimum Gasteiger partial charge on any atom is -0.493 e. The normalized spacial score (nSPS) is 11.0. The largest absolute Gasteiger partial charge is 0.493 e. The van der Waals surface area contributed by atoms with Gasteiger partial charge < -0.3 is 19.7 Å². The standard InChI is InChI=1S/C19H21N3O3/c1-21(2)12-13-25-16-11-7-6-10-15(16)22-18(23)17(20-19(22)24)14-8-4-3-5-9-14/h3-11,23H,12-13H2,1-2H3,(H,20,24). The zero-order chi connectivity index (χ0) is 17.8. The predicted molar refractivity (Wildman–Crippen MR) is 97.5 cm³/mol. The number of H-pyrrole nitrogens is 1. The van der Waals surface area contributed by atoms with Gasteiger partial charge in [0, 0.05) is 12.1 Å². The molecule has 2 aromatic carbocycles. The molecule has 0 atom stereocenters. The van der Waals surface area contributed by atoms with E-state index in [1.807, 2.05) is 55.4 Å². The molecule has 0 saturated heterocycles. The number of para-hydroxylation sites is 2. The lowest BCUT2D eigenvalue weighted by Gasteiger charge is -2.14. The van der Waals surface area contributed by atoms with Crippen LogP contribution < -0.4 is 10.4 Å². The number of imidazole rings is 1. The molecule has 3 rings (SSSR count). The first-order valence-electron chi connectivity index (χ1n) is 8.04. The Morgan fingerprint density at radius 2 is 1.76 bits per heavy atom. The Bertz CT molecular complexity index is 898. The van der Waals surface area contributed by atoms with E-state index < -0.39 is 5.69 Å². The second kappa shape index (κ2) is 7.27. The number of hydrogen-bond acceptors (Lipinski definition) is 4.